The third-order valence-corrected chi connectivity index (χ3v) is 26.2. The number of carboxylic acids is 1. The zero-order chi connectivity index (χ0) is 86.1. The molecule has 6 saturated carbocycles. The number of nitrogens with one attached hydrogen (secondary N) is 5. The summed E-state index contributed by atoms with van der Waals surface area (Å²) in [6, 6.07) is 10.5. The smallest absolute Gasteiger partial charge is 0.408 e. The van der Waals surface area contributed by atoms with Crippen LogP contribution in [0.15, 0.2) is 73.8 Å². The molecule has 0 bridgehead atoms. The van der Waals surface area contributed by atoms with Crippen molar-refractivity contribution in [3.63, 3.8) is 0 Å². The summed E-state index contributed by atoms with van der Waals surface area (Å²) >= 11 is 0. The van der Waals surface area contributed by atoms with Crippen molar-refractivity contribution in [2.24, 2.45) is 27.8 Å². The number of hydrogen-bond donors (Lipinski definition) is 7. The van der Waals surface area contributed by atoms with E-state index in [0.29, 0.717) is 84.4 Å². The van der Waals surface area contributed by atoms with E-state index in [0.717, 1.165) is 54.3 Å². The second-order valence-corrected chi connectivity index (χ2v) is 40.2. The highest BCUT2D eigenvalue weighted by molar-refractivity contribution is 7.91. The van der Waals surface area contributed by atoms with E-state index in [1.165, 1.54) is 22.0 Å². The van der Waals surface area contributed by atoms with Crippen molar-refractivity contribution in [3.8, 4) is 46.7 Å². The summed E-state index contributed by atoms with van der Waals surface area (Å²) in [5.74, 6) is 9.20. The summed E-state index contributed by atoms with van der Waals surface area (Å²) in [6.07, 6.45) is 8.62. The van der Waals surface area contributed by atoms with Gasteiger partial charge in [0, 0.05) is 109 Å². The quantitative estimate of drug-likeness (QED) is 0.0239. The number of nitrogens with two attached hydrogens (primary N) is 1. The molecule has 31 heteroatoms. The first-order valence-electron chi connectivity index (χ1n) is 40.2. The molecular formula is C86H116N10O19S2. The molecule has 12 rings (SSSR count). The first-order valence-corrected chi connectivity index (χ1v) is 43.2. The van der Waals surface area contributed by atoms with Gasteiger partial charge in [-0.3, -0.25) is 38.7 Å². The van der Waals surface area contributed by atoms with Crippen LogP contribution in [0.2, 0.25) is 0 Å². The molecule has 4 heterocycles. The van der Waals surface area contributed by atoms with Crippen LogP contribution in [0.25, 0.3) is 21.8 Å². The topological polar surface area (TPSA) is 399 Å². The van der Waals surface area contributed by atoms with Crippen LogP contribution in [0.1, 0.15) is 223 Å². The van der Waals surface area contributed by atoms with Crippen LogP contribution in [-0.2, 0) is 58.3 Å². The number of ether oxygens (including phenoxy) is 6. The van der Waals surface area contributed by atoms with E-state index < -0.39 is 159 Å². The standard InChI is InChI=1S/C43H57N5O9S.C35H46N4O8.C8H13NO2S/c1-10-12-13-18-42(19-20-42)58(53,54)47-38(51)43(24-27(43)11-2)46-36(49)33-22-29(25-48(33)37(50)35(40(3,4)5)45-39(52)57-41(6,7)8)56-34-23-31(26-14-15-26)44-32-21-28(55-9)16-17-30(32)34;1-9-20-17-35(20,31(42)43)38-29(40)26-15-22(18-39(26)30(41)28(33(2,3)4)37-32(44)47-34(5,6)7)46-27-16-24(19-10-11-19)36-25-14-21(45-8)12-13-23(25)27;1-2-3-4-5-8(6-7-8)12(9,10)11/h11,16-17,21,23,26-27,29,33,35H,2,10,14-15,18-20,22,24-25H2,1,3-9H3,(H,45,52)(H,46,49)(H,47,51);9,12-14,16,19-20,22,26,28H,1,10-11,15,17-18H2,2-8H3,(H,37,44)(H,38,40)(H,42,43);2,5-7H2,1H3,(H2,9,10,11)/t27-,29-,33+,35-,43-;20-,22-,26+,28-,35-;/m11./s1. The number of rotatable bonds is 25. The third-order valence-electron chi connectivity index (χ3n) is 22.3. The predicted molar refractivity (Wildman–Crippen MR) is 440 cm³/mol. The predicted octanol–water partition coefficient (Wildman–Crippen LogP) is 10.4. The highest BCUT2D eigenvalue weighted by atomic mass is 32.2. The molecule has 2 aromatic heterocycles. The number of pyridine rings is 2. The zero-order valence-electron chi connectivity index (χ0n) is 70.2. The minimum Gasteiger partial charge on any atom is -0.497 e. The molecule has 0 radical (unpaired) electrons. The average molecular weight is 1660 g/mol. The van der Waals surface area contributed by atoms with E-state index in [4.69, 9.17) is 43.5 Å². The van der Waals surface area contributed by atoms with Crippen molar-refractivity contribution >= 4 is 89.5 Å². The van der Waals surface area contributed by atoms with E-state index in [9.17, 15) is 60.3 Å². The summed E-state index contributed by atoms with van der Waals surface area (Å²) < 4.78 is 84.7. The SMILES string of the molecule is C=C[C@@H]1C[C@]1(NC(=O)[C@@H]1C[C@@H](Oc2cc(C3CC3)nc3cc(OC)ccc23)CN1C(=O)[C@@H](NC(=O)OC(C)(C)C)C(C)(C)C)C(=O)NS(=O)(=O)C1(CC#CCC)CC1.C=C[C@@H]1C[C@]1(NC(=O)[C@@H]1C[C@@H](Oc2cc(C3CC3)nc3cc(OC)ccc23)CN1C(=O)[C@@H](NC(=O)OC(C)(C)C)C(C)(C)C)C(=O)O.CCC#CCC1(S(N)(=O)=O)CC1. The van der Waals surface area contributed by atoms with Crippen LogP contribution in [-0.4, -0.2) is 185 Å². The summed E-state index contributed by atoms with van der Waals surface area (Å²) in [7, 11) is -4.34. The van der Waals surface area contributed by atoms with Crippen molar-refractivity contribution in [2.45, 2.75) is 280 Å². The lowest BCUT2D eigenvalue weighted by Gasteiger charge is -2.36. The molecular weight excluding hydrogens is 1540 g/mol. The summed E-state index contributed by atoms with van der Waals surface area (Å²) in [4.78, 5) is 122. The molecule has 2 aliphatic heterocycles. The average Bonchev–Trinajstić information content (AvgIpc) is 1.57. The maximum atomic E-state index is 14.7. The Morgan fingerprint density at radius 2 is 0.974 bits per heavy atom. The molecule has 7 amide bonds. The van der Waals surface area contributed by atoms with Crippen molar-refractivity contribution in [3.05, 3.63) is 85.2 Å². The first kappa shape index (κ1) is 89.6. The maximum Gasteiger partial charge on any atom is 0.408 e. The van der Waals surface area contributed by atoms with Gasteiger partial charge in [-0.25, -0.2) is 36.4 Å². The third kappa shape index (κ3) is 21.2. The Morgan fingerprint density at radius 3 is 1.30 bits per heavy atom. The molecule has 0 unspecified atom stereocenters. The van der Waals surface area contributed by atoms with E-state index in [-0.39, 0.29) is 45.2 Å². The van der Waals surface area contributed by atoms with Crippen LogP contribution >= 0.6 is 0 Å². The monoisotopic (exact) mass is 1660 g/mol. The van der Waals surface area contributed by atoms with Gasteiger partial charge in [-0.1, -0.05) is 67.5 Å². The number of nitrogens with zero attached hydrogens (tertiary/aromatic N) is 4. The fourth-order valence-electron chi connectivity index (χ4n) is 14.7. The van der Waals surface area contributed by atoms with Crippen LogP contribution < -0.4 is 50.1 Å². The molecule has 2 aromatic carbocycles. The lowest BCUT2D eigenvalue weighted by atomic mass is 9.85. The summed E-state index contributed by atoms with van der Waals surface area (Å²) in [6.45, 7) is 32.5. The zero-order valence-corrected chi connectivity index (χ0v) is 71.8. The number of amides is 7. The minimum atomic E-state index is -4.14. The highest BCUT2D eigenvalue weighted by Gasteiger charge is 2.65. The number of likely N-dealkylation sites (tertiary alicyclic amines) is 2. The van der Waals surface area contributed by atoms with Crippen molar-refractivity contribution < 1.29 is 88.7 Å². The Hall–Kier alpha value is -9.72. The van der Waals surface area contributed by atoms with Gasteiger partial charge >= 0.3 is 18.2 Å². The second kappa shape index (κ2) is 34.3. The van der Waals surface area contributed by atoms with Crippen molar-refractivity contribution in [1.29, 1.82) is 0 Å². The Labute approximate surface area is 687 Å². The number of fused-ring (bicyclic) bond motifs is 2. The molecule has 8 fully saturated rings. The van der Waals surface area contributed by atoms with Gasteiger partial charge in [0.05, 0.1) is 43.1 Å². The Bertz CT molecular complexity index is 4910. The molecule has 10 atom stereocenters. The Balaban J connectivity index is 0.000000219. The molecule has 2 saturated heterocycles. The first-order chi connectivity index (χ1) is 54.6. The molecule has 636 valence electrons. The molecule has 0 spiro atoms. The number of carbonyl (C=O) groups excluding carboxylic acids is 7. The number of aliphatic carboxylic acids is 1. The van der Waals surface area contributed by atoms with E-state index >= 15 is 0 Å². The van der Waals surface area contributed by atoms with Gasteiger partial charge in [-0.05, 0) is 141 Å². The number of hydrogen-bond acceptors (Lipinski definition) is 20. The fourth-order valence-corrected chi connectivity index (χ4v) is 17.2. The van der Waals surface area contributed by atoms with Crippen LogP contribution in [0, 0.1) is 46.3 Å². The number of aromatic nitrogens is 2. The number of sulfonamides is 2. The lowest BCUT2D eigenvalue weighted by molar-refractivity contribution is -0.146. The lowest BCUT2D eigenvalue weighted by Crippen LogP contribution is -2.60. The minimum absolute atomic E-state index is 0.0298. The highest BCUT2D eigenvalue weighted by Crippen LogP contribution is 2.51. The summed E-state index contributed by atoms with van der Waals surface area (Å²) in [5.41, 5.74) is -3.13. The normalized spacial score (nSPS) is 23.8. The second-order valence-electron chi connectivity index (χ2n) is 36.2. The number of primary sulfonamides is 1. The van der Waals surface area contributed by atoms with Gasteiger partial charge in [-0.2, -0.15) is 0 Å². The van der Waals surface area contributed by atoms with Crippen LogP contribution in [0.4, 0.5) is 9.59 Å². The van der Waals surface area contributed by atoms with Gasteiger partial charge < -0.3 is 64.6 Å². The van der Waals surface area contributed by atoms with Gasteiger partial charge in [-0.15, -0.1) is 36.8 Å². The molecule has 6 aliphatic carbocycles. The fraction of sp³-hybridized carbons (Fsp3) is 0.605. The molecule has 8 aliphatic rings. The Kier molecular flexibility index (Phi) is 26.3. The number of carboxylic acid groups (broad SMARTS) is 1. The van der Waals surface area contributed by atoms with Gasteiger partial charge in [0.2, 0.25) is 43.7 Å². The van der Waals surface area contributed by atoms with Gasteiger partial charge in [0.25, 0.3) is 5.91 Å². The van der Waals surface area contributed by atoms with Gasteiger partial charge in [0.1, 0.15) is 86.4 Å². The Morgan fingerprint density at radius 1 is 0.590 bits per heavy atom. The van der Waals surface area contributed by atoms with E-state index in [1.807, 2.05) is 62.4 Å². The molecule has 8 N–H and O–H groups in total. The molecule has 117 heavy (non-hydrogen) atoms. The van der Waals surface area contributed by atoms with Crippen molar-refractivity contribution in [2.75, 3.05) is 27.3 Å². The molecule has 29 nitrogen and oxygen atoms in total. The number of alkyl carbamates (subject to hydrolysis) is 2. The number of methoxy groups -OCH3 is 2. The largest absolute Gasteiger partial charge is 0.497 e. The number of benzene rings is 2. The van der Waals surface area contributed by atoms with Crippen LogP contribution in [0.5, 0.6) is 23.0 Å². The molecule has 4 aromatic rings. The van der Waals surface area contributed by atoms with Gasteiger partial charge in [0.15, 0.2) is 0 Å². The van der Waals surface area contributed by atoms with E-state index in [2.05, 4.69) is 62.8 Å². The van der Waals surface area contributed by atoms with Crippen LogP contribution in [0.3, 0.4) is 0 Å². The van der Waals surface area contributed by atoms with E-state index in [1.54, 1.807) is 97.3 Å². The van der Waals surface area contributed by atoms with Crippen molar-refractivity contribution in [1.82, 2.24) is 45.8 Å². The summed E-state index contributed by atoms with van der Waals surface area (Å²) in [5, 5.41) is 27.5. The maximum absolute atomic E-state index is 14.7. The number of carbonyl (C=O) groups is 8.